The number of benzene rings is 2. The molecule has 1 atom stereocenters. The van der Waals surface area contributed by atoms with E-state index in [0.29, 0.717) is 10.9 Å². The van der Waals surface area contributed by atoms with Gasteiger partial charge in [-0.2, -0.15) is 0 Å². The molecule has 8 heteroatoms. The maximum absolute atomic E-state index is 12.2. The third-order valence-electron chi connectivity index (χ3n) is 4.51. The summed E-state index contributed by atoms with van der Waals surface area (Å²) >= 11 is 11.7. The molecule has 0 bridgehead atoms. The molecule has 2 amide bonds. The number of hydrogen-bond donors (Lipinski definition) is 2. The van der Waals surface area contributed by atoms with Crippen LogP contribution in [0.25, 0.3) is 0 Å². The summed E-state index contributed by atoms with van der Waals surface area (Å²) in [6, 6.07) is 14.0. The van der Waals surface area contributed by atoms with Gasteiger partial charge in [-0.05, 0) is 42.5 Å². The SMILES string of the molecule is O=C(COC(=O)CNC(=O)c1ccc(Cl)c(Cl)c1)NC(c1ccccc1)C1CC1. The van der Waals surface area contributed by atoms with E-state index in [1.807, 2.05) is 30.3 Å². The number of ether oxygens (including phenoxy) is 1. The largest absolute Gasteiger partial charge is 0.454 e. The number of halogens is 2. The summed E-state index contributed by atoms with van der Waals surface area (Å²) in [7, 11) is 0. The molecule has 29 heavy (non-hydrogen) atoms. The molecule has 152 valence electrons. The lowest BCUT2D eigenvalue weighted by Crippen LogP contribution is -2.36. The minimum atomic E-state index is -0.712. The smallest absolute Gasteiger partial charge is 0.325 e. The van der Waals surface area contributed by atoms with Crippen LogP contribution in [0, 0.1) is 5.92 Å². The van der Waals surface area contributed by atoms with Crippen molar-refractivity contribution in [1.29, 1.82) is 0 Å². The van der Waals surface area contributed by atoms with Gasteiger partial charge in [-0.25, -0.2) is 0 Å². The Hall–Kier alpha value is -2.57. The number of carbonyl (C=O) groups excluding carboxylic acids is 3. The zero-order chi connectivity index (χ0) is 20.8. The van der Waals surface area contributed by atoms with E-state index in [0.717, 1.165) is 18.4 Å². The molecule has 3 rings (SSSR count). The quantitative estimate of drug-likeness (QED) is 0.622. The van der Waals surface area contributed by atoms with Crippen LogP contribution in [0.4, 0.5) is 0 Å². The molecule has 0 radical (unpaired) electrons. The van der Waals surface area contributed by atoms with Crippen molar-refractivity contribution in [1.82, 2.24) is 10.6 Å². The highest BCUT2D eigenvalue weighted by Crippen LogP contribution is 2.40. The average Bonchev–Trinajstić information content (AvgIpc) is 3.56. The van der Waals surface area contributed by atoms with Crippen LogP contribution in [0.15, 0.2) is 48.5 Å². The maximum Gasteiger partial charge on any atom is 0.325 e. The Morgan fingerprint density at radius 2 is 1.76 bits per heavy atom. The van der Waals surface area contributed by atoms with Gasteiger partial charge in [0.1, 0.15) is 6.54 Å². The highest BCUT2D eigenvalue weighted by Gasteiger charge is 2.33. The summed E-state index contributed by atoms with van der Waals surface area (Å²) in [5.41, 5.74) is 1.30. The number of esters is 1. The second-order valence-corrected chi connectivity index (χ2v) is 7.58. The first kappa shape index (κ1) is 21.1. The van der Waals surface area contributed by atoms with E-state index >= 15 is 0 Å². The Balaban J connectivity index is 1.43. The van der Waals surface area contributed by atoms with Crippen LogP contribution in [0.5, 0.6) is 0 Å². The van der Waals surface area contributed by atoms with Crippen LogP contribution in [-0.4, -0.2) is 30.9 Å². The normalized spacial score (nSPS) is 14.0. The van der Waals surface area contributed by atoms with E-state index in [4.69, 9.17) is 27.9 Å². The van der Waals surface area contributed by atoms with Crippen LogP contribution in [0.2, 0.25) is 10.0 Å². The molecule has 2 aromatic rings. The van der Waals surface area contributed by atoms with Gasteiger partial charge in [0, 0.05) is 5.56 Å². The average molecular weight is 435 g/mol. The van der Waals surface area contributed by atoms with Crippen molar-refractivity contribution >= 4 is 41.0 Å². The molecule has 1 aliphatic rings. The molecular weight excluding hydrogens is 415 g/mol. The standard InChI is InChI=1S/C21H20Cl2N2O4/c22-16-9-8-15(10-17(16)23)21(28)24-11-19(27)29-12-18(26)25-20(14-6-7-14)13-4-2-1-3-5-13/h1-5,8-10,14,20H,6-7,11-12H2,(H,24,28)(H,25,26). The lowest BCUT2D eigenvalue weighted by molar-refractivity contribution is -0.147. The fraction of sp³-hybridized carbons (Fsp3) is 0.286. The molecule has 0 heterocycles. The zero-order valence-corrected chi connectivity index (χ0v) is 17.0. The monoisotopic (exact) mass is 434 g/mol. The van der Waals surface area contributed by atoms with Gasteiger partial charge in [0.25, 0.3) is 11.8 Å². The molecule has 1 aliphatic carbocycles. The first-order valence-electron chi connectivity index (χ1n) is 9.17. The Bertz CT molecular complexity index is 901. The third-order valence-corrected chi connectivity index (χ3v) is 5.25. The van der Waals surface area contributed by atoms with Gasteiger partial charge in [-0.15, -0.1) is 0 Å². The topological polar surface area (TPSA) is 84.5 Å². The lowest BCUT2D eigenvalue weighted by atomic mass is 10.0. The number of amides is 2. The second-order valence-electron chi connectivity index (χ2n) is 6.77. The Morgan fingerprint density at radius 1 is 1.03 bits per heavy atom. The van der Waals surface area contributed by atoms with Crippen LogP contribution < -0.4 is 10.6 Å². The predicted octanol–water partition coefficient (Wildman–Crippen LogP) is 3.53. The summed E-state index contributed by atoms with van der Waals surface area (Å²) < 4.78 is 4.96. The molecule has 2 N–H and O–H groups in total. The van der Waals surface area contributed by atoms with Crippen molar-refractivity contribution < 1.29 is 19.1 Å². The lowest BCUT2D eigenvalue weighted by Gasteiger charge is -2.18. The van der Waals surface area contributed by atoms with Crippen molar-refractivity contribution in [3.63, 3.8) is 0 Å². The van der Waals surface area contributed by atoms with Crippen molar-refractivity contribution in [2.24, 2.45) is 5.92 Å². The van der Waals surface area contributed by atoms with Gasteiger partial charge in [0.05, 0.1) is 16.1 Å². The molecule has 6 nitrogen and oxygen atoms in total. The third kappa shape index (κ3) is 6.21. The van der Waals surface area contributed by atoms with E-state index in [1.54, 1.807) is 0 Å². The van der Waals surface area contributed by atoms with E-state index in [-0.39, 0.29) is 29.1 Å². The van der Waals surface area contributed by atoms with Crippen molar-refractivity contribution in [3.05, 3.63) is 69.7 Å². The number of nitrogens with one attached hydrogen (secondary N) is 2. The molecule has 0 aliphatic heterocycles. The van der Waals surface area contributed by atoms with E-state index in [1.165, 1.54) is 18.2 Å². The number of hydrogen-bond acceptors (Lipinski definition) is 4. The summed E-state index contributed by atoms with van der Waals surface area (Å²) in [4.78, 5) is 36.1. The Labute approximate surface area is 178 Å². The Morgan fingerprint density at radius 3 is 2.41 bits per heavy atom. The number of rotatable bonds is 8. The van der Waals surface area contributed by atoms with Crippen molar-refractivity contribution in [2.75, 3.05) is 13.2 Å². The summed E-state index contributed by atoms with van der Waals surface area (Å²) in [6.45, 7) is -0.769. The molecule has 0 aromatic heterocycles. The first-order chi connectivity index (χ1) is 13.9. The van der Waals surface area contributed by atoms with Crippen molar-refractivity contribution in [3.8, 4) is 0 Å². The van der Waals surface area contributed by atoms with Gasteiger partial charge in [0.15, 0.2) is 6.61 Å². The van der Waals surface area contributed by atoms with Gasteiger partial charge in [-0.1, -0.05) is 53.5 Å². The van der Waals surface area contributed by atoms with Crippen molar-refractivity contribution in [2.45, 2.75) is 18.9 Å². The van der Waals surface area contributed by atoms with Gasteiger partial charge >= 0.3 is 5.97 Å². The van der Waals surface area contributed by atoms with Gasteiger partial charge < -0.3 is 15.4 Å². The molecule has 1 fully saturated rings. The van der Waals surface area contributed by atoms with Crippen LogP contribution >= 0.6 is 23.2 Å². The van der Waals surface area contributed by atoms with Crippen LogP contribution in [0.1, 0.15) is 34.8 Å². The molecule has 0 spiro atoms. The molecule has 2 aromatic carbocycles. The maximum atomic E-state index is 12.2. The van der Waals surface area contributed by atoms with Crippen LogP contribution in [-0.2, 0) is 14.3 Å². The van der Waals surface area contributed by atoms with E-state index in [2.05, 4.69) is 10.6 Å². The molecule has 0 saturated heterocycles. The summed E-state index contributed by atoms with van der Waals surface area (Å²) in [5.74, 6) is -1.18. The molecule has 1 saturated carbocycles. The van der Waals surface area contributed by atoms with Crippen LogP contribution in [0.3, 0.4) is 0 Å². The summed E-state index contributed by atoms with van der Waals surface area (Å²) in [5, 5.41) is 5.90. The highest BCUT2D eigenvalue weighted by atomic mass is 35.5. The minimum absolute atomic E-state index is 0.0863. The predicted molar refractivity (Wildman–Crippen MR) is 110 cm³/mol. The molecule has 1 unspecified atom stereocenters. The fourth-order valence-corrected chi connectivity index (χ4v) is 3.17. The fourth-order valence-electron chi connectivity index (χ4n) is 2.87. The van der Waals surface area contributed by atoms with Gasteiger partial charge in [-0.3, -0.25) is 14.4 Å². The Kier molecular flexibility index (Phi) is 7.12. The second kappa shape index (κ2) is 9.76. The van der Waals surface area contributed by atoms with Gasteiger partial charge in [0.2, 0.25) is 0 Å². The number of carbonyl (C=O) groups is 3. The first-order valence-corrected chi connectivity index (χ1v) is 9.93. The van der Waals surface area contributed by atoms with E-state index < -0.39 is 18.5 Å². The highest BCUT2D eigenvalue weighted by molar-refractivity contribution is 6.42. The zero-order valence-electron chi connectivity index (χ0n) is 15.5. The summed E-state index contributed by atoms with van der Waals surface area (Å²) in [6.07, 6.45) is 2.11. The minimum Gasteiger partial charge on any atom is -0.454 e. The molecular formula is C21H20Cl2N2O4. The van der Waals surface area contributed by atoms with E-state index in [9.17, 15) is 14.4 Å².